The number of benzene rings is 1. The van der Waals surface area contributed by atoms with Crippen LogP contribution in [0.3, 0.4) is 0 Å². The number of hydrogen-bond acceptors (Lipinski definition) is 9. The van der Waals surface area contributed by atoms with Crippen molar-refractivity contribution in [3.05, 3.63) is 68.2 Å². The number of anilines is 1. The highest BCUT2D eigenvalue weighted by atomic mass is 32.1. The molecule has 3 aromatic rings. The van der Waals surface area contributed by atoms with Crippen molar-refractivity contribution in [3.63, 3.8) is 0 Å². The topological polar surface area (TPSA) is 123 Å². The van der Waals surface area contributed by atoms with Crippen LogP contribution in [-0.4, -0.2) is 36.1 Å². The maximum Gasteiger partial charge on any atom is 0.353 e. The molecule has 0 saturated heterocycles. The van der Waals surface area contributed by atoms with Crippen LogP contribution in [-0.2, 0) is 27.2 Å². The predicted octanol–water partition coefficient (Wildman–Crippen LogP) is 4.56. The summed E-state index contributed by atoms with van der Waals surface area (Å²) in [5, 5.41) is 8.65. The normalized spacial score (nSPS) is 12.9. The Morgan fingerprint density at radius 1 is 1.00 bits per heavy atom. The van der Waals surface area contributed by atoms with E-state index >= 15 is 0 Å². The van der Waals surface area contributed by atoms with Crippen LogP contribution in [0.1, 0.15) is 62.7 Å². The number of hydrazone groups is 1. The summed E-state index contributed by atoms with van der Waals surface area (Å²) < 4.78 is 10.7. The lowest BCUT2D eigenvalue weighted by molar-refractivity contribution is -0.136. The summed E-state index contributed by atoms with van der Waals surface area (Å²) in [6, 6.07) is 10.2. The molecule has 0 saturated carbocycles. The van der Waals surface area contributed by atoms with Crippen LogP contribution in [0.2, 0.25) is 0 Å². The summed E-state index contributed by atoms with van der Waals surface area (Å²) in [4.78, 5) is 51.6. The van der Waals surface area contributed by atoms with Crippen LogP contribution >= 0.6 is 22.7 Å². The second-order valence-electron chi connectivity index (χ2n) is 8.09. The van der Waals surface area contributed by atoms with E-state index in [2.05, 4.69) is 15.8 Å². The van der Waals surface area contributed by atoms with Crippen molar-refractivity contribution in [1.29, 1.82) is 0 Å². The number of hydrogen-bond donors (Lipinski definition) is 2. The number of para-hydroxylation sites is 1. The van der Waals surface area contributed by atoms with Gasteiger partial charge in [-0.15, -0.1) is 22.7 Å². The van der Waals surface area contributed by atoms with Gasteiger partial charge in [0.05, 0.1) is 17.9 Å². The minimum atomic E-state index is -1.01. The molecule has 9 nitrogen and oxygen atoms in total. The van der Waals surface area contributed by atoms with E-state index in [9.17, 15) is 19.2 Å². The Labute approximate surface area is 221 Å². The fourth-order valence-electron chi connectivity index (χ4n) is 3.88. The molecule has 192 valence electrons. The molecule has 0 spiro atoms. The first kappa shape index (κ1) is 26.2. The molecule has 0 aliphatic heterocycles. The SMILES string of the molecule is CCOC(=O)c1c(NC(=O)C(=O)N/N=C(\C)c2ccccc2OC(=O)c2cccs2)sc2c1CCCC2. The summed E-state index contributed by atoms with van der Waals surface area (Å²) >= 11 is 2.56. The first-order valence-electron chi connectivity index (χ1n) is 11.7. The van der Waals surface area contributed by atoms with Gasteiger partial charge in [-0.2, -0.15) is 5.10 Å². The van der Waals surface area contributed by atoms with Gasteiger partial charge in [0.1, 0.15) is 15.6 Å². The highest BCUT2D eigenvalue weighted by Gasteiger charge is 2.28. The van der Waals surface area contributed by atoms with Gasteiger partial charge in [0, 0.05) is 10.4 Å². The Morgan fingerprint density at radius 2 is 1.78 bits per heavy atom. The van der Waals surface area contributed by atoms with Crippen molar-refractivity contribution >= 4 is 57.1 Å². The van der Waals surface area contributed by atoms with Gasteiger partial charge in [0.2, 0.25) is 0 Å². The average molecular weight is 540 g/mol. The molecule has 2 aromatic heterocycles. The molecule has 0 bridgehead atoms. The number of amides is 2. The lowest BCUT2D eigenvalue weighted by atomic mass is 9.95. The number of carbonyl (C=O) groups excluding carboxylic acids is 4. The van der Waals surface area contributed by atoms with E-state index in [4.69, 9.17) is 9.47 Å². The molecule has 0 unspecified atom stereocenters. The predicted molar refractivity (Wildman–Crippen MR) is 142 cm³/mol. The van der Waals surface area contributed by atoms with Crippen molar-refractivity contribution in [2.75, 3.05) is 11.9 Å². The van der Waals surface area contributed by atoms with Gasteiger partial charge in [0.15, 0.2) is 0 Å². The van der Waals surface area contributed by atoms with E-state index in [0.29, 0.717) is 26.7 Å². The van der Waals surface area contributed by atoms with E-state index < -0.39 is 23.8 Å². The monoisotopic (exact) mass is 539 g/mol. The molecular formula is C26H25N3O6S2. The number of esters is 2. The van der Waals surface area contributed by atoms with E-state index in [0.717, 1.165) is 36.1 Å². The summed E-state index contributed by atoms with van der Waals surface area (Å²) in [6.07, 6.45) is 3.49. The largest absolute Gasteiger partial charge is 0.462 e. The van der Waals surface area contributed by atoms with Crippen LogP contribution in [0.5, 0.6) is 5.75 Å². The molecule has 0 atom stereocenters. The van der Waals surface area contributed by atoms with Crippen molar-refractivity contribution < 1.29 is 28.7 Å². The fourth-order valence-corrected chi connectivity index (χ4v) is 5.75. The first-order chi connectivity index (χ1) is 17.9. The van der Waals surface area contributed by atoms with Gasteiger partial charge < -0.3 is 14.8 Å². The molecule has 4 rings (SSSR count). The Balaban J connectivity index is 1.46. The quantitative estimate of drug-likeness (QED) is 0.149. The van der Waals surface area contributed by atoms with Gasteiger partial charge in [-0.3, -0.25) is 9.59 Å². The van der Waals surface area contributed by atoms with Gasteiger partial charge in [0.25, 0.3) is 0 Å². The van der Waals surface area contributed by atoms with E-state index in [1.807, 2.05) is 0 Å². The molecule has 0 radical (unpaired) electrons. The van der Waals surface area contributed by atoms with Crippen molar-refractivity contribution in [3.8, 4) is 5.75 Å². The summed E-state index contributed by atoms with van der Waals surface area (Å²) in [6.45, 7) is 3.53. The zero-order chi connectivity index (χ0) is 26.4. The van der Waals surface area contributed by atoms with Crippen molar-refractivity contribution in [1.82, 2.24) is 5.43 Å². The summed E-state index contributed by atoms with van der Waals surface area (Å²) in [7, 11) is 0. The minimum absolute atomic E-state index is 0.204. The Kier molecular flexibility index (Phi) is 8.47. The molecule has 2 heterocycles. The van der Waals surface area contributed by atoms with E-state index in [-0.39, 0.29) is 12.4 Å². The number of carbonyl (C=O) groups is 4. The number of thiophene rings is 2. The maximum atomic E-state index is 12.6. The molecule has 37 heavy (non-hydrogen) atoms. The number of ether oxygens (including phenoxy) is 2. The van der Waals surface area contributed by atoms with Crippen molar-refractivity contribution in [2.45, 2.75) is 39.5 Å². The van der Waals surface area contributed by atoms with Gasteiger partial charge in [-0.25, -0.2) is 15.0 Å². The van der Waals surface area contributed by atoms with Gasteiger partial charge in [-0.05, 0) is 68.7 Å². The number of rotatable bonds is 7. The molecule has 11 heteroatoms. The van der Waals surface area contributed by atoms with Crippen molar-refractivity contribution in [2.24, 2.45) is 5.10 Å². The second kappa shape index (κ2) is 11.9. The molecule has 1 aliphatic carbocycles. The third kappa shape index (κ3) is 6.12. The summed E-state index contributed by atoms with van der Waals surface area (Å²) in [5.41, 5.74) is 4.24. The van der Waals surface area contributed by atoms with Crippen LogP contribution in [0.25, 0.3) is 0 Å². The van der Waals surface area contributed by atoms with Crippen LogP contribution in [0.15, 0.2) is 46.9 Å². The van der Waals surface area contributed by atoms with Crippen LogP contribution < -0.4 is 15.5 Å². The van der Waals surface area contributed by atoms with Gasteiger partial charge in [-0.1, -0.05) is 18.2 Å². The fraction of sp³-hybridized carbons (Fsp3) is 0.269. The lowest BCUT2D eigenvalue weighted by Gasteiger charge is -2.12. The number of nitrogens with one attached hydrogen (secondary N) is 2. The molecule has 2 N–H and O–H groups in total. The third-order valence-corrected chi connectivity index (χ3v) is 7.67. The lowest BCUT2D eigenvalue weighted by Crippen LogP contribution is -2.33. The van der Waals surface area contributed by atoms with Crippen LogP contribution in [0.4, 0.5) is 5.00 Å². The maximum absolute atomic E-state index is 12.6. The summed E-state index contributed by atoms with van der Waals surface area (Å²) in [5.74, 6) is -2.72. The number of fused-ring (bicyclic) bond motifs is 1. The Morgan fingerprint density at radius 3 is 2.54 bits per heavy atom. The third-order valence-electron chi connectivity index (χ3n) is 5.61. The molecule has 1 aromatic carbocycles. The Hall–Kier alpha value is -3.83. The van der Waals surface area contributed by atoms with E-state index in [1.54, 1.807) is 55.6 Å². The Bertz CT molecular complexity index is 1360. The molecule has 0 fully saturated rings. The van der Waals surface area contributed by atoms with E-state index in [1.165, 1.54) is 22.7 Å². The second-order valence-corrected chi connectivity index (χ2v) is 10.1. The average Bonchev–Trinajstić information content (AvgIpc) is 3.55. The smallest absolute Gasteiger partial charge is 0.353 e. The zero-order valence-electron chi connectivity index (χ0n) is 20.3. The highest BCUT2D eigenvalue weighted by Crippen LogP contribution is 2.38. The molecule has 2 amide bonds. The first-order valence-corrected chi connectivity index (χ1v) is 13.4. The highest BCUT2D eigenvalue weighted by molar-refractivity contribution is 7.17. The zero-order valence-corrected chi connectivity index (χ0v) is 21.9. The molecular weight excluding hydrogens is 514 g/mol. The van der Waals surface area contributed by atoms with Gasteiger partial charge >= 0.3 is 23.8 Å². The van der Waals surface area contributed by atoms with Crippen LogP contribution in [0, 0.1) is 0 Å². The number of nitrogens with zero attached hydrogens (tertiary/aromatic N) is 1. The number of aryl methyl sites for hydroxylation is 1. The standard InChI is InChI=1S/C26H25N3O6S2/c1-3-34-26(33)21-17-10-5-7-12-19(17)37-24(21)27-22(30)23(31)29-28-15(2)16-9-4-6-11-18(16)35-25(32)20-13-8-14-36-20/h4,6,8-9,11,13-14H,3,5,7,10,12H2,1-2H3,(H,27,30)(H,29,31)/b28-15+. The minimum Gasteiger partial charge on any atom is -0.462 e. The molecule has 1 aliphatic rings.